The third kappa shape index (κ3) is 5.53. The summed E-state index contributed by atoms with van der Waals surface area (Å²) in [7, 11) is -3.88. The molecule has 30 heavy (non-hydrogen) atoms. The predicted octanol–water partition coefficient (Wildman–Crippen LogP) is 3.51. The zero-order valence-corrected chi connectivity index (χ0v) is 18.0. The molecule has 0 radical (unpaired) electrons. The van der Waals surface area contributed by atoms with Crippen molar-refractivity contribution in [2.45, 2.75) is 24.8 Å². The zero-order valence-electron chi connectivity index (χ0n) is 16.4. The lowest BCUT2D eigenvalue weighted by Crippen LogP contribution is -2.41. The molecule has 0 aliphatic carbocycles. The van der Waals surface area contributed by atoms with Crippen LogP contribution in [-0.2, 0) is 21.4 Å². The average Bonchev–Trinajstić information content (AvgIpc) is 2.72. The minimum atomic E-state index is -3.88. The molecule has 3 rings (SSSR count). The van der Waals surface area contributed by atoms with Gasteiger partial charge in [-0.05, 0) is 36.2 Å². The smallest absolute Gasteiger partial charge is 0.244 e. The molecule has 0 aliphatic heterocycles. The van der Waals surface area contributed by atoms with E-state index < -0.39 is 15.9 Å². The Morgan fingerprint density at radius 3 is 2.57 bits per heavy atom. The van der Waals surface area contributed by atoms with Crippen LogP contribution in [0.3, 0.4) is 0 Å². The Labute approximate surface area is 181 Å². The van der Waals surface area contributed by atoms with E-state index in [4.69, 9.17) is 0 Å². The van der Waals surface area contributed by atoms with Crippen molar-refractivity contribution in [3.8, 4) is 0 Å². The summed E-state index contributed by atoms with van der Waals surface area (Å²) in [5.41, 5.74) is 0.728. The van der Waals surface area contributed by atoms with E-state index in [0.29, 0.717) is 17.2 Å². The van der Waals surface area contributed by atoms with Gasteiger partial charge in [0.1, 0.15) is 5.82 Å². The van der Waals surface area contributed by atoms with Crippen LogP contribution >= 0.6 is 12.4 Å². The number of amides is 1. The van der Waals surface area contributed by atoms with E-state index in [1.807, 2.05) is 6.92 Å². The number of carbonyl (C=O) groups excluding carboxylic acids is 1. The Morgan fingerprint density at radius 1 is 1.13 bits per heavy atom. The van der Waals surface area contributed by atoms with Gasteiger partial charge in [0, 0.05) is 36.3 Å². The predicted molar refractivity (Wildman–Crippen MR) is 116 cm³/mol. The van der Waals surface area contributed by atoms with E-state index in [-0.39, 0.29) is 42.8 Å². The molecule has 6 nitrogen and oxygen atoms in total. The van der Waals surface area contributed by atoms with E-state index in [2.05, 4.69) is 10.3 Å². The first-order valence-electron chi connectivity index (χ1n) is 9.26. The molecule has 2 aromatic carbocycles. The molecule has 3 aromatic rings. The third-order valence-corrected chi connectivity index (χ3v) is 6.36. The van der Waals surface area contributed by atoms with Gasteiger partial charge in [0.15, 0.2) is 0 Å². The van der Waals surface area contributed by atoms with E-state index >= 15 is 0 Å². The van der Waals surface area contributed by atoms with Crippen molar-refractivity contribution in [1.82, 2.24) is 14.6 Å². The summed E-state index contributed by atoms with van der Waals surface area (Å²) in [5.74, 6) is -0.779. The SMILES string of the molecule is CCCN(CC(=O)NCc1ccc(F)cc1)S(=O)(=O)c1cccc2cnccc12.Cl. The number of nitrogens with one attached hydrogen (secondary N) is 1. The number of carbonyl (C=O) groups is 1. The van der Waals surface area contributed by atoms with Crippen LogP contribution in [0.15, 0.2) is 65.8 Å². The molecule has 1 aromatic heterocycles. The minimum Gasteiger partial charge on any atom is -0.351 e. The van der Waals surface area contributed by atoms with E-state index in [1.54, 1.807) is 42.7 Å². The quantitative estimate of drug-likeness (QED) is 0.568. The first-order valence-corrected chi connectivity index (χ1v) is 10.7. The standard InChI is InChI=1S/C21H22FN3O3S.ClH/c1-2-12-25(15-21(26)24-13-16-6-8-18(22)9-7-16)29(27,28)20-5-3-4-17-14-23-11-10-19(17)20;/h3-11,14H,2,12-13,15H2,1H3,(H,24,26);1H. The maximum absolute atomic E-state index is 13.3. The number of rotatable bonds is 8. The molecular formula is C21H23ClFN3O3S. The number of halogens is 2. The molecule has 0 bridgehead atoms. The lowest BCUT2D eigenvalue weighted by Gasteiger charge is -2.22. The zero-order chi connectivity index (χ0) is 20.9. The van der Waals surface area contributed by atoms with Crippen LogP contribution in [0.4, 0.5) is 4.39 Å². The van der Waals surface area contributed by atoms with Crippen molar-refractivity contribution >= 4 is 39.1 Å². The second-order valence-electron chi connectivity index (χ2n) is 6.59. The van der Waals surface area contributed by atoms with E-state index in [0.717, 1.165) is 5.56 Å². The third-order valence-electron chi connectivity index (χ3n) is 4.45. The van der Waals surface area contributed by atoms with Crippen molar-refractivity contribution in [2.24, 2.45) is 0 Å². The van der Waals surface area contributed by atoms with Crippen LogP contribution in [0, 0.1) is 5.82 Å². The maximum atomic E-state index is 13.3. The number of fused-ring (bicyclic) bond motifs is 1. The summed E-state index contributed by atoms with van der Waals surface area (Å²) in [6, 6.07) is 12.4. The Kier molecular flexibility index (Phi) is 8.28. The molecule has 0 saturated carbocycles. The molecule has 0 atom stereocenters. The van der Waals surface area contributed by atoms with Gasteiger partial charge in [-0.3, -0.25) is 9.78 Å². The van der Waals surface area contributed by atoms with Gasteiger partial charge in [0.25, 0.3) is 0 Å². The topological polar surface area (TPSA) is 79.4 Å². The normalized spacial score (nSPS) is 11.3. The molecule has 9 heteroatoms. The Hall–Kier alpha value is -2.55. The second-order valence-corrected chi connectivity index (χ2v) is 8.50. The highest BCUT2D eigenvalue weighted by molar-refractivity contribution is 7.89. The number of pyridine rings is 1. The average molecular weight is 452 g/mol. The number of aromatic nitrogens is 1. The Morgan fingerprint density at radius 2 is 1.87 bits per heavy atom. The van der Waals surface area contributed by atoms with Crippen molar-refractivity contribution in [2.75, 3.05) is 13.1 Å². The highest BCUT2D eigenvalue weighted by Gasteiger charge is 2.27. The van der Waals surface area contributed by atoms with E-state index in [1.165, 1.54) is 22.5 Å². The van der Waals surface area contributed by atoms with Crippen LogP contribution in [-0.4, -0.2) is 36.7 Å². The number of nitrogens with zero attached hydrogens (tertiary/aromatic N) is 2. The van der Waals surface area contributed by atoms with E-state index in [9.17, 15) is 17.6 Å². The first-order chi connectivity index (χ1) is 13.9. The Balaban J connectivity index is 0.00000320. The molecule has 0 fully saturated rings. The van der Waals surface area contributed by atoms with Gasteiger partial charge >= 0.3 is 0 Å². The largest absolute Gasteiger partial charge is 0.351 e. The highest BCUT2D eigenvalue weighted by Crippen LogP contribution is 2.25. The Bertz CT molecular complexity index is 1100. The molecule has 0 unspecified atom stereocenters. The second kappa shape index (κ2) is 10.5. The van der Waals surface area contributed by atoms with Gasteiger partial charge in [-0.15, -0.1) is 12.4 Å². The summed E-state index contributed by atoms with van der Waals surface area (Å²) >= 11 is 0. The lowest BCUT2D eigenvalue weighted by molar-refractivity contribution is -0.121. The fourth-order valence-electron chi connectivity index (χ4n) is 3.01. The molecule has 160 valence electrons. The summed E-state index contributed by atoms with van der Waals surface area (Å²) in [4.78, 5) is 16.6. The van der Waals surface area contributed by atoms with Crippen LogP contribution in [0.1, 0.15) is 18.9 Å². The summed E-state index contributed by atoms with van der Waals surface area (Å²) in [5, 5.41) is 3.97. The summed E-state index contributed by atoms with van der Waals surface area (Å²) in [6.07, 6.45) is 3.71. The van der Waals surface area contributed by atoms with Gasteiger partial charge in [-0.2, -0.15) is 4.31 Å². The van der Waals surface area contributed by atoms with Crippen molar-refractivity contribution < 1.29 is 17.6 Å². The summed E-state index contributed by atoms with van der Waals surface area (Å²) in [6.45, 7) is 1.97. The minimum absolute atomic E-state index is 0. The molecule has 1 amide bonds. The highest BCUT2D eigenvalue weighted by atomic mass is 35.5. The number of hydrogen-bond acceptors (Lipinski definition) is 4. The molecular weight excluding hydrogens is 429 g/mol. The van der Waals surface area contributed by atoms with Crippen LogP contribution in [0.2, 0.25) is 0 Å². The molecule has 0 saturated heterocycles. The van der Waals surface area contributed by atoms with Gasteiger partial charge in [-0.1, -0.05) is 31.2 Å². The van der Waals surface area contributed by atoms with Crippen LogP contribution < -0.4 is 5.32 Å². The summed E-state index contributed by atoms with van der Waals surface area (Å²) < 4.78 is 40.7. The van der Waals surface area contributed by atoms with Gasteiger partial charge in [0.05, 0.1) is 11.4 Å². The lowest BCUT2D eigenvalue weighted by atomic mass is 10.2. The molecule has 1 N–H and O–H groups in total. The molecule has 1 heterocycles. The van der Waals surface area contributed by atoms with Gasteiger partial charge in [-0.25, -0.2) is 12.8 Å². The monoisotopic (exact) mass is 451 g/mol. The van der Waals surface area contributed by atoms with Crippen molar-refractivity contribution in [3.63, 3.8) is 0 Å². The first kappa shape index (κ1) is 23.7. The van der Waals surface area contributed by atoms with Crippen LogP contribution in [0.5, 0.6) is 0 Å². The van der Waals surface area contributed by atoms with Crippen molar-refractivity contribution in [3.05, 3.63) is 72.3 Å². The van der Waals surface area contributed by atoms with Crippen LogP contribution in [0.25, 0.3) is 10.8 Å². The molecule has 0 aliphatic rings. The fraction of sp³-hybridized carbons (Fsp3) is 0.238. The fourth-order valence-corrected chi connectivity index (χ4v) is 4.71. The van der Waals surface area contributed by atoms with Crippen molar-refractivity contribution in [1.29, 1.82) is 0 Å². The number of sulfonamides is 1. The maximum Gasteiger partial charge on any atom is 0.244 e. The van der Waals surface area contributed by atoms with Gasteiger partial charge < -0.3 is 5.32 Å². The molecule has 0 spiro atoms. The van der Waals surface area contributed by atoms with Gasteiger partial charge in [0.2, 0.25) is 15.9 Å². The number of benzene rings is 2. The number of hydrogen-bond donors (Lipinski definition) is 1.